The summed E-state index contributed by atoms with van der Waals surface area (Å²) in [5, 5.41) is 0. The Bertz CT molecular complexity index is 476. The summed E-state index contributed by atoms with van der Waals surface area (Å²) in [6, 6.07) is 3.83. The molecule has 0 unspecified atom stereocenters. The van der Waals surface area contributed by atoms with Crippen LogP contribution in [0.15, 0.2) is 23.1 Å². The zero-order valence-corrected chi connectivity index (χ0v) is 10.3. The lowest BCUT2D eigenvalue weighted by molar-refractivity contribution is 0.204. The van der Waals surface area contributed by atoms with Gasteiger partial charge in [-0.1, -0.05) is 6.07 Å². The van der Waals surface area contributed by atoms with E-state index in [0.29, 0.717) is 0 Å². The number of methoxy groups -OCH3 is 1. The summed E-state index contributed by atoms with van der Waals surface area (Å²) in [6.07, 6.45) is 0. The van der Waals surface area contributed by atoms with Gasteiger partial charge in [0.2, 0.25) is 10.0 Å². The largest absolute Gasteiger partial charge is 0.383 e. The summed E-state index contributed by atoms with van der Waals surface area (Å²) in [4.78, 5) is -0.129. The van der Waals surface area contributed by atoms with Gasteiger partial charge in [0.05, 0.1) is 11.5 Å². The van der Waals surface area contributed by atoms with E-state index >= 15 is 0 Å². The highest BCUT2D eigenvalue weighted by molar-refractivity contribution is 7.89. The number of ether oxygens (including phenoxy) is 1. The maximum absolute atomic E-state index is 13.4. The zero-order chi connectivity index (χ0) is 12.9. The van der Waals surface area contributed by atoms with Crippen LogP contribution >= 0.6 is 0 Å². The molecule has 0 aliphatic rings. The number of hydrogen-bond acceptors (Lipinski definition) is 4. The van der Waals surface area contributed by atoms with Crippen LogP contribution in [0.5, 0.6) is 0 Å². The van der Waals surface area contributed by atoms with Gasteiger partial charge in [0.25, 0.3) is 0 Å². The van der Waals surface area contributed by atoms with Gasteiger partial charge in [-0.05, 0) is 12.1 Å². The van der Waals surface area contributed by atoms with E-state index in [1.807, 2.05) is 0 Å². The molecule has 0 aliphatic heterocycles. The molecule has 17 heavy (non-hydrogen) atoms. The van der Waals surface area contributed by atoms with E-state index in [2.05, 4.69) is 4.72 Å². The van der Waals surface area contributed by atoms with Crippen LogP contribution in [0.3, 0.4) is 0 Å². The number of nitrogens with one attached hydrogen (secondary N) is 1. The van der Waals surface area contributed by atoms with Crippen LogP contribution in [0, 0.1) is 5.82 Å². The highest BCUT2D eigenvalue weighted by Gasteiger charge is 2.19. The molecule has 1 aromatic carbocycles. The van der Waals surface area contributed by atoms with Gasteiger partial charge >= 0.3 is 0 Å². The third kappa shape index (κ3) is 3.47. The lowest BCUT2D eigenvalue weighted by atomic mass is 10.2. The summed E-state index contributed by atoms with van der Waals surface area (Å²) in [5.74, 6) is -0.623. The second-order valence-corrected chi connectivity index (χ2v) is 5.05. The zero-order valence-electron chi connectivity index (χ0n) is 9.44. The van der Waals surface area contributed by atoms with Crippen molar-refractivity contribution in [1.82, 2.24) is 4.72 Å². The van der Waals surface area contributed by atoms with Crippen molar-refractivity contribution < 1.29 is 17.5 Å². The second kappa shape index (κ2) is 6.06. The maximum atomic E-state index is 13.4. The van der Waals surface area contributed by atoms with Crippen molar-refractivity contribution in [1.29, 1.82) is 0 Å². The quantitative estimate of drug-likeness (QED) is 0.718. The fourth-order valence-electron chi connectivity index (χ4n) is 1.34. The van der Waals surface area contributed by atoms with E-state index in [0.717, 1.165) is 0 Å². The second-order valence-electron chi connectivity index (χ2n) is 3.31. The number of nitrogens with two attached hydrogens (primary N) is 1. The first-order valence-electron chi connectivity index (χ1n) is 4.99. The van der Waals surface area contributed by atoms with Gasteiger partial charge in [0.1, 0.15) is 5.82 Å². The van der Waals surface area contributed by atoms with Gasteiger partial charge in [-0.3, -0.25) is 0 Å². The van der Waals surface area contributed by atoms with Gasteiger partial charge in [-0.25, -0.2) is 17.5 Å². The molecule has 0 aliphatic carbocycles. The first-order valence-corrected chi connectivity index (χ1v) is 6.47. The van der Waals surface area contributed by atoms with Crippen LogP contribution < -0.4 is 10.5 Å². The van der Waals surface area contributed by atoms with Gasteiger partial charge in [-0.2, -0.15) is 0 Å². The predicted molar refractivity (Wildman–Crippen MR) is 61.4 cm³/mol. The molecule has 7 heteroatoms. The summed E-state index contributed by atoms with van der Waals surface area (Å²) < 4.78 is 44.1. The van der Waals surface area contributed by atoms with Crippen LogP contribution in [0.25, 0.3) is 0 Å². The van der Waals surface area contributed by atoms with E-state index in [4.69, 9.17) is 10.5 Å². The molecule has 0 aromatic heterocycles. The number of benzene rings is 1. The number of halogens is 1. The molecular formula is C10H15FN2O3S. The van der Waals surface area contributed by atoms with Crippen molar-refractivity contribution in [2.75, 3.05) is 20.3 Å². The fourth-order valence-corrected chi connectivity index (χ4v) is 2.62. The lowest BCUT2D eigenvalue weighted by Gasteiger charge is -2.10. The highest BCUT2D eigenvalue weighted by Crippen LogP contribution is 2.17. The molecule has 0 fully saturated rings. The first kappa shape index (κ1) is 14.0. The Kier molecular flexibility index (Phi) is 5.01. The molecule has 0 amide bonds. The van der Waals surface area contributed by atoms with E-state index in [1.54, 1.807) is 0 Å². The van der Waals surface area contributed by atoms with Crippen molar-refractivity contribution in [3.8, 4) is 0 Å². The molecule has 0 bridgehead atoms. The smallest absolute Gasteiger partial charge is 0.241 e. The Hall–Kier alpha value is -1.02. The molecule has 0 saturated carbocycles. The molecule has 0 atom stereocenters. The topological polar surface area (TPSA) is 81.4 Å². The summed E-state index contributed by atoms with van der Waals surface area (Å²) in [6.45, 7) is 0.194. The molecule has 0 radical (unpaired) electrons. The minimum atomic E-state index is -3.75. The van der Waals surface area contributed by atoms with Crippen LogP contribution in [0.1, 0.15) is 5.56 Å². The standard InChI is InChI=1S/C10H15FN2O3S/c1-16-6-5-13-17(14,15)10-4-2-3-9(11)8(10)7-12/h2-4,13H,5-7,12H2,1H3. The summed E-state index contributed by atoms with van der Waals surface area (Å²) in [7, 11) is -2.29. The van der Waals surface area contributed by atoms with Crippen LogP contribution in [0.4, 0.5) is 4.39 Å². The Balaban J connectivity index is 3.02. The maximum Gasteiger partial charge on any atom is 0.241 e. The average Bonchev–Trinajstić information content (AvgIpc) is 2.29. The van der Waals surface area contributed by atoms with Gasteiger partial charge in [0, 0.05) is 25.8 Å². The van der Waals surface area contributed by atoms with Crippen LogP contribution in [0.2, 0.25) is 0 Å². The number of rotatable bonds is 6. The number of hydrogen-bond donors (Lipinski definition) is 2. The molecule has 1 rings (SSSR count). The molecule has 0 spiro atoms. The monoisotopic (exact) mass is 262 g/mol. The van der Waals surface area contributed by atoms with E-state index in [9.17, 15) is 12.8 Å². The van der Waals surface area contributed by atoms with E-state index < -0.39 is 15.8 Å². The first-order chi connectivity index (χ1) is 8.03. The molecule has 3 N–H and O–H groups in total. The summed E-state index contributed by atoms with van der Waals surface area (Å²) in [5.41, 5.74) is 5.33. The fraction of sp³-hybridized carbons (Fsp3) is 0.400. The minimum Gasteiger partial charge on any atom is -0.383 e. The summed E-state index contributed by atoms with van der Waals surface area (Å²) >= 11 is 0. The molecule has 96 valence electrons. The van der Waals surface area contributed by atoms with E-state index in [-0.39, 0.29) is 30.2 Å². The Morgan fingerprint density at radius 1 is 1.47 bits per heavy atom. The van der Waals surface area contributed by atoms with Crippen molar-refractivity contribution in [2.45, 2.75) is 11.4 Å². The average molecular weight is 262 g/mol. The Labute approximate surface area is 99.8 Å². The third-order valence-electron chi connectivity index (χ3n) is 2.17. The Morgan fingerprint density at radius 2 is 2.18 bits per heavy atom. The van der Waals surface area contributed by atoms with Crippen molar-refractivity contribution in [3.05, 3.63) is 29.6 Å². The Morgan fingerprint density at radius 3 is 2.76 bits per heavy atom. The van der Waals surface area contributed by atoms with Crippen LogP contribution in [-0.2, 0) is 21.3 Å². The van der Waals surface area contributed by atoms with Crippen LogP contribution in [-0.4, -0.2) is 28.7 Å². The van der Waals surface area contributed by atoms with E-state index in [1.165, 1.54) is 25.3 Å². The molecule has 0 heterocycles. The molecule has 1 aromatic rings. The predicted octanol–water partition coefficient (Wildman–Crippen LogP) is 0.209. The highest BCUT2D eigenvalue weighted by atomic mass is 32.2. The van der Waals surface area contributed by atoms with Crippen molar-refractivity contribution >= 4 is 10.0 Å². The SMILES string of the molecule is COCCNS(=O)(=O)c1cccc(F)c1CN. The minimum absolute atomic E-state index is 0.0163. The third-order valence-corrected chi connectivity index (χ3v) is 3.71. The normalized spacial score (nSPS) is 11.7. The molecule has 5 nitrogen and oxygen atoms in total. The lowest BCUT2D eigenvalue weighted by Crippen LogP contribution is -2.28. The number of sulfonamides is 1. The van der Waals surface area contributed by atoms with Gasteiger partial charge in [0.15, 0.2) is 0 Å². The van der Waals surface area contributed by atoms with Gasteiger partial charge in [-0.15, -0.1) is 0 Å². The molecule has 0 saturated heterocycles. The molecular weight excluding hydrogens is 247 g/mol. The van der Waals surface area contributed by atoms with Crippen molar-refractivity contribution in [2.24, 2.45) is 5.73 Å². The van der Waals surface area contributed by atoms with Gasteiger partial charge < -0.3 is 10.5 Å². The van der Waals surface area contributed by atoms with Crippen molar-refractivity contribution in [3.63, 3.8) is 0 Å².